The third-order valence-electron chi connectivity index (χ3n) is 4.61. The molecule has 3 aromatic heterocycles. The van der Waals surface area contributed by atoms with Gasteiger partial charge in [-0.25, -0.2) is 14.6 Å². The summed E-state index contributed by atoms with van der Waals surface area (Å²) in [6.45, 7) is 8.29. The second-order valence-electron chi connectivity index (χ2n) is 6.86. The first-order valence-electron chi connectivity index (χ1n) is 9.06. The molecule has 0 unspecified atom stereocenters. The van der Waals surface area contributed by atoms with E-state index in [-0.39, 0.29) is 5.91 Å². The second kappa shape index (κ2) is 7.16. The van der Waals surface area contributed by atoms with E-state index in [1.54, 1.807) is 0 Å². The van der Waals surface area contributed by atoms with Gasteiger partial charge in [0.05, 0.1) is 17.1 Å². The van der Waals surface area contributed by atoms with Crippen molar-refractivity contribution in [2.24, 2.45) is 0 Å². The highest BCUT2D eigenvalue weighted by Gasteiger charge is 2.20. The number of aryl methyl sites for hydroxylation is 4. The number of nitrogens with zero attached hydrogens (tertiary/aromatic N) is 4. The summed E-state index contributed by atoms with van der Waals surface area (Å²) in [6, 6.07) is 12.0. The topological polar surface area (TPSA) is 72.7 Å². The first-order chi connectivity index (χ1) is 13.4. The fraction of sp³-hybridized carbons (Fsp3) is 0.238. The Morgan fingerprint density at radius 2 is 1.86 bits per heavy atom. The normalized spacial score (nSPS) is 11.1. The van der Waals surface area contributed by atoms with Crippen LogP contribution in [0.1, 0.15) is 38.0 Å². The van der Waals surface area contributed by atoms with Gasteiger partial charge in [-0.05, 0) is 38.8 Å². The van der Waals surface area contributed by atoms with Gasteiger partial charge in [0, 0.05) is 17.1 Å². The van der Waals surface area contributed by atoms with Gasteiger partial charge in [0.1, 0.15) is 16.5 Å². The van der Waals surface area contributed by atoms with Crippen LogP contribution >= 0.6 is 11.3 Å². The van der Waals surface area contributed by atoms with Crippen molar-refractivity contribution in [1.82, 2.24) is 19.7 Å². The standard InChI is InChI=1S/C21H21N5OS/c1-12-10-17(26(25-12)11-16-8-6-5-7-9-16)24-20(27)19-13(2)18-14(3)22-15(4)23-21(18)28-19/h5-10H,11H2,1-4H3,(H,24,27). The average molecular weight is 392 g/mol. The molecule has 1 amide bonds. The van der Waals surface area contributed by atoms with Gasteiger partial charge in [0.2, 0.25) is 0 Å². The summed E-state index contributed by atoms with van der Waals surface area (Å²) in [5.41, 5.74) is 3.80. The molecule has 6 nitrogen and oxygen atoms in total. The second-order valence-corrected chi connectivity index (χ2v) is 7.86. The molecule has 4 rings (SSSR count). The molecule has 0 aliphatic rings. The fourth-order valence-corrected chi connectivity index (χ4v) is 4.56. The largest absolute Gasteiger partial charge is 0.306 e. The van der Waals surface area contributed by atoms with E-state index in [1.807, 2.05) is 68.8 Å². The monoisotopic (exact) mass is 391 g/mol. The van der Waals surface area contributed by atoms with Gasteiger partial charge in [-0.1, -0.05) is 30.3 Å². The highest BCUT2D eigenvalue weighted by Crippen LogP contribution is 2.31. The molecule has 4 aromatic rings. The van der Waals surface area contributed by atoms with Crippen LogP contribution in [-0.2, 0) is 6.54 Å². The summed E-state index contributed by atoms with van der Waals surface area (Å²) >= 11 is 1.40. The number of fused-ring (bicyclic) bond motifs is 1. The number of hydrogen-bond acceptors (Lipinski definition) is 5. The van der Waals surface area contributed by atoms with E-state index in [2.05, 4.69) is 20.4 Å². The smallest absolute Gasteiger partial charge is 0.267 e. The lowest BCUT2D eigenvalue weighted by atomic mass is 10.1. The van der Waals surface area contributed by atoms with E-state index in [4.69, 9.17) is 0 Å². The molecule has 28 heavy (non-hydrogen) atoms. The predicted octanol–water partition coefficient (Wildman–Crippen LogP) is 4.42. The molecule has 0 aliphatic heterocycles. The molecule has 0 radical (unpaired) electrons. The maximum Gasteiger partial charge on any atom is 0.267 e. The summed E-state index contributed by atoms with van der Waals surface area (Å²) in [5.74, 6) is 1.25. The van der Waals surface area contributed by atoms with E-state index in [0.717, 1.165) is 38.6 Å². The lowest BCUT2D eigenvalue weighted by molar-refractivity contribution is 0.102. The summed E-state index contributed by atoms with van der Waals surface area (Å²) < 4.78 is 1.82. The zero-order chi connectivity index (χ0) is 19.8. The number of carbonyl (C=O) groups is 1. The highest BCUT2D eigenvalue weighted by molar-refractivity contribution is 7.20. The van der Waals surface area contributed by atoms with Gasteiger partial charge in [-0.2, -0.15) is 5.10 Å². The molecule has 7 heteroatoms. The van der Waals surface area contributed by atoms with Crippen LogP contribution in [0.5, 0.6) is 0 Å². The SMILES string of the molecule is Cc1cc(NC(=O)c2sc3nc(C)nc(C)c3c2C)n(Cc2ccccc2)n1. The van der Waals surface area contributed by atoms with Crippen molar-refractivity contribution < 1.29 is 4.79 Å². The van der Waals surface area contributed by atoms with Crippen molar-refractivity contribution in [3.63, 3.8) is 0 Å². The third kappa shape index (κ3) is 3.41. The van der Waals surface area contributed by atoms with Gasteiger partial charge in [0.25, 0.3) is 5.91 Å². The maximum atomic E-state index is 13.0. The number of rotatable bonds is 4. The zero-order valence-corrected chi connectivity index (χ0v) is 17.1. The Hall–Kier alpha value is -3.06. The van der Waals surface area contributed by atoms with Crippen LogP contribution in [0.3, 0.4) is 0 Å². The van der Waals surface area contributed by atoms with Gasteiger partial charge < -0.3 is 5.32 Å². The summed E-state index contributed by atoms with van der Waals surface area (Å²) in [7, 11) is 0. The van der Waals surface area contributed by atoms with E-state index >= 15 is 0 Å². The minimum atomic E-state index is -0.147. The molecule has 1 N–H and O–H groups in total. The number of benzene rings is 1. The molecule has 0 saturated carbocycles. The molecule has 3 heterocycles. The van der Waals surface area contributed by atoms with Crippen LogP contribution < -0.4 is 5.32 Å². The lowest BCUT2D eigenvalue weighted by Gasteiger charge is -2.09. The summed E-state index contributed by atoms with van der Waals surface area (Å²) in [4.78, 5) is 23.5. The van der Waals surface area contributed by atoms with Crippen molar-refractivity contribution in [3.05, 3.63) is 69.6 Å². The number of thiophene rings is 1. The van der Waals surface area contributed by atoms with Crippen molar-refractivity contribution in [2.45, 2.75) is 34.2 Å². The summed E-state index contributed by atoms with van der Waals surface area (Å²) in [6.07, 6.45) is 0. The van der Waals surface area contributed by atoms with E-state index < -0.39 is 0 Å². The zero-order valence-electron chi connectivity index (χ0n) is 16.3. The van der Waals surface area contributed by atoms with E-state index in [1.165, 1.54) is 11.3 Å². The number of anilines is 1. The van der Waals surface area contributed by atoms with Gasteiger partial charge >= 0.3 is 0 Å². The minimum Gasteiger partial charge on any atom is -0.306 e. The first-order valence-corrected chi connectivity index (χ1v) is 9.88. The highest BCUT2D eigenvalue weighted by atomic mass is 32.1. The number of aromatic nitrogens is 4. The van der Waals surface area contributed by atoms with E-state index in [9.17, 15) is 4.79 Å². The number of nitrogens with one attached hydrogen (secondary N) is 1. The Morgan fingerprint density at radius 1 is 1.11 bits per heavy atom. The third-order valence-corrected chi connectivity index (χ3v) is 5.79. The Balaban J connectivity index is 1.65. The van der Waals surface area contributed by atoms with Crippen LogP contribution in [0, 0.1) is 27.7 Å². The minimum absolute atomic E-state index is 0.147. The Kier molecular flexibility index (Phi) is 4.68. The molecular formula is C21H21N5OS. The van der Waals surface area contributed by atoms with E-state index in [0.29, 0.717) is 17.2 Å². The Morgan fingerprint density at radius 3 is 2.61 bits per heavy atom. The summed E-state index contributed by atoms with van der Waals surface area (Å²) in [5, 5.41) is 8.52. The van der Waals surface area contributed by atoms with Gasteiger partial charge in [-0.3, -0.25) is 4.79 Å². The maximum absolute atomic E-state index is 13.0. The Bertz CT molecular complexity index is 1180. The molecule has 0 aliphatic carbocycles. The van der Waals surface area contributed by atoms with Gasteiger partial charge in [-0.15, -0.1) is 11.3 Å². The molecule has 0 fully saturated rings. The molecule has 0 bridgehead atoms. The van der Waals surface area contributed by atoms with Crippen LogP contribution in [-0.4, -0.2) is 25.7 Å². The molecule has 1 aromatic carbocycles. The average Bonchev–Trinajstić information content (AvgIpc) is 3.15. The molecule has 142 valence electrons. The Labute approximate surface area is 167 Å². The fourth-order valence-electron chi connectivity index (χ4n) is 3.39. The molecule has 0 atom stereocenters. The number of hydrogen-bond donors (Lipinski definition) is 1. The molecule has 0 saturated heterocycles. The van der Waals surface area contributed by atoms with Crippen LogP contribution in [0.2, 0.25) is 0 Å². The molecular weight excluding hydrogens is 370 g/mol. The van der Waals surface area contributed by atoms with Crippen LogP contribution in [0.25, 0.3) is 10.2 Å². The van der Waals surface area contributed by atoms with Crippen molar-refractivity contribution in [3.8, 4) is 0 Å². The van der Waals surface area contributed by atoms with Crippen molar-refractivity contribution in [1.29, 1.82) is 0 Å². The van der Waals surface area contributed by atoms with Crippen molar-refractivity contribution in [2.75, 3.05) is 5.32 Å². The van der Waals surface area contributed by atoms with Crippen LogP contribution in [0.15, 0.2) is 36.4 Å². The first kappa shape index (κ1) is 18.3. The lowest BCUT2D eigenvalue weighted by Crippen LogP contribution is -2.16. The quantitative estimate of drug-likeness (QED) is 0.559. The molecule has 0 spiro atoms. The van der Waals surface area contributed by atoms with Crippen molar-refractivity contribution >= 4 is 33.3 Å². The predicted molar refractivity (Wildman–Crippen MR) is 112 cm³/mol. The number of carbonyl (C=O) groups excluding carboxylic acids is 1. The van der Waals surface area contributed by atoms with Crippen LogP contribution in [0.4, 0.5) is 5.82 Å². The van der Waals surface area contributed by atoms with Gasteiger partial charge in [0.15, 0.2) is 0 Å². The number of amides is 1.